The van der Waals surface area contributed by atoms with Gasteiger partial charge in [0.2, 0.25) is 0 Å². The van der Waals surface area contributed by atoms with Gasteiger partial charge in [0.15, 0.2) is 0 Å². The Balaban J connectivity index is 2.41. The van der Waals surface area contributed by atoms with E-state index in [1.807, 2.05) is 30.3 Å². The molecule has 0 spiro atoms. The summed E-state index contributed by atoms with van der Waals surface area (Å²) >= 11 is 0. The molecule has 3 heteroatoms. The molecule has 1 atom stereocenters. The van der Waals surface area contributed by atoms with Crippen LogP contribution in [0.2, 0.25) is 0 Å². The summed E-state index contributed by atoms with van der Waals surface area (Å²) in [6.45, 7) is 0.287. The SMILES string of the molecule is COCC(O)Nc1ccccc1. The number of rotatable bonds is 4. The highest BCUT2D eigenvalue weighted by atomic mass is 16.5. The van der Waals surface area contributed by atoms with Crippen LogP contribution in [0.25, 0.3) is 0 Å². The highest BCUT2D eigenvalue weighted by molar-refractivity contribution is 5.42. The molecule has 1 rings (SSSR count). The van der Waals surface area contributed by atoms with E-state index in [2.05, 4.69) is 5.32 Å². The Kier molecular flexibility index (Phi) is 3.57. The van der Waals surface area contributed by atoms with Gasteiger partial charge in [0.05, 0.1) is 6.61 Å². The molecule has 0 saturated carbocycles. The van der Waals surface area contributed by atoms with Crippen molar-refractivity contribution in [3.8, 4) is 0 Å². The van der Waals surface area contributed by atoms with Crippen LogP contribution in [-0.2, 0) is 4.74 Å². The zero-order chi connectivity index (χ0) is 8.81. The molecule has 0 aromatic heterocycles. The molecule has 0 saturated heterocycles. The lowest BCUT2D eigenvalue weighted by Gasteiger charge is -2.12. The number of anilines is 1. The average Bonchev–Trinajstić information content (AvgIpc) is 2.06. The van der Waals surface area contributed by atoms with Crippen LogP contribution in [0.5, 0.6) is 0 Å². The zero-order valence-electron chi connectivity index (χ0n) is 7.03. The van der Waals surface area contributed by atoms with E-state index >= 15 is 0 Å². The van der Waals surface area contributed by atoms with Crippen molar-refractivity contribution >= 4 is 5.69 Å². The van der Waals surface area contributed by atoms with Gasteiger partial charge in [-0.3, -0.25) is 0 Å². The average molecular weight is 167 g/mol. The number of hydrogen-bond acceptors (Lipinski definition) is 3. The van der Waals surface area contributed by atoms with Gasteiger partial charge in [-0.05, 0) is 12.1 Å². The van der Waals surface area contributed by atoms with E-state index in [4.69, 9.17) is 4.74 Å². The molecule has 2 N–H and O–H groups in total. The fraction of sp³-hybridized carbons (Fsp3) is 0.333. The molecule has 0 aliphatic carbocycles. The van der Waals surface area contributed by atoms with E-state index in [0.29, 0.717) is 0 Å². The molecule has 0 heterocycles. The van der Waals surface area contributed by atoms with Crippen molar-refractivity contribution in [1.29, 1.82) is 0 Å². The van der Waals surface area contributed by atoms with Crippen molar-refractivity contribution in [3.63, 3.8) is 0 Å². The van der Waals surface area contributed by atoms with Gasteiger partial charge < -0.3 is 15.2 Å². The number of ether oxygens (including phenoxy) is 1. The Hall–Kier alpha value is -1.06. The quantitative estimate of drug-likeness (QED) is 0.659. The van der Waals surface area contributed by atoms with Crippen molar-refractivity contribution < 1.29 is 9.84 Å². The minimum absolute atomic E-state index is 0.287. The Morgan fingerprint density at radius 1 is 1.42 bits per heavy atom. The van der Waals surface area contributed by atoms with Crippen LogP contribution in [-0.4, -0.2) is 25.1 Å². The van der Waals surface area contributed by atoms with Crippen LogP contribution < -0.4 is 5.32 Å². The number of aliphatic hydroxyl groups excluding tert-OH is 1. The first-order valence-corrected chi connectivity index (χ1v) is 3.81. The lowest BCUT2D eigenvalue weighted by atomic mass is 10.3. The summed E-state index contributed by atoms with van der Waals surface area (Å²) in [7, 11) is 1.55. The summed E-state index contributed by atoms with van der Waals surface area (Å²) in [6.07, 6.45) is -0.641. The molecule has 0 aliphatic rings. The Bertz CT molecular complexity index is 213. The highest BCUT2D eigenvalue weighted by Crippen LogP contribution is 2.05. The van der Waals surface area contributed by atoms with Crippen molar-refractivity contribution in [2.75, 3.05) is 19.0 Å². The van der Waals surface area contributed by atoms with Crippen LogP contribution in [0, 0.1) is 0 Å². The van der Waals surface area contributed by atoms with Gasteiger partial charge in [0.25, 0.3) is 0 Å². The normalized spacial score (nSPS) is 12.5. The van der Waals surface area contributed by atoms with Gasteiger partial charge in [-0.2, -0.15) is 0 Å². The van der Waals surface area contributed by atoms with Crippen molar-refractivity contribution in [2.24, 2.45) is 0 Å². The van der Waals surface area contributed by atoms with E-state index in [-0.39, 0.29) is 6.61 Å². The number of methoxy groups -OCH3 is 1. The largest absolute Gasteiger partial charge is 0.380 e. The third-order valence-corrected chi connectivity index (χ3v) is 1.43. The van der Waals surface area contributed by atoms with Crippen LogP contribution in [0.1, 0.15) is 0 Å². The standard InChI is InChI=1S/C9H13NO2/c1-12-7-9(11)10-8-5-3-2-4-6-8/h2-6,9-11H,7H2,1H3. The molecule has 1 aromatic carbocycles. The second-order valence-corrected chi connectivity index (χ2v) is 2.48. The molecule has 1 aromatic rings. The van der Waals surface area contributed by atoms with Crippen molar-refractivity contribution in [1.82, 2.24) is 0 Å². The first-order valence-electron chi connectivity index (χ1n) is 3.81. The van der Waals surface area contributed by atoms with E-state index < -0.39 is 6.23 Å². The number of para-hydroxylation sites is 1. The molecular weight excluding hydrogens is 154 g/mol. The van der Waals surface area contributed by atoms with E-state index in [9.17, 15) is 5.11 Å². The topological polar surface area (TPSA) is 41.5 Å². The first-order chi connectivity index (χ1) is 5.83. The van der Waals surface area contributed by atoms with Crippen LogP contribution in [0.15, 0.2) is 30.3 Å². The lowest BCUT2D eigenvalue weighted by Crippen LogP contribution is -2.23. The third-order valence-electron chi connectivity index (χ3n) is 1.43. The number of aliphatic hydroxyl groups is 1. The summed E-state index contributed by atoms with van der Waals surface area (Å²) in [6, 6.07) is 9.51. The number of benzene rings is 1. The number of nitrogens with one attached hydrogen (secondary N) is 1. The molecular formula is C9H13NO2. The van der Waals surface area contributed by atoms with Gasteiger partial charge in [-0.1, -0.05) is 18.2 Å². The maximum absolute atomic E-state index is 9.27. The predicted octanol–water partition coefficient (Wildman–Crippen LogP) is 1.06. The molecule has 66 valence electrons. The molecule has 0 amide bonds. The van der Waals surface area contributed by atoms with Gasteiger partial charge in [-0.15, -0.1) is 0 Å². The molecule has 1 unspecified atom stereocenters. The molecule has 0 fully saturated rings. The molecule has 0 aliphatic heterocycles. The molecule has 0 radical (unpaired) electrons. The monoisotopic (exact) mass is 167 g/mol. The first kappa shape index (κ1) is 9.03. The smallest absolute Gasteiger partial charge is 0.148 e. The van der Waals surface area contributed by atoms with Crippen LogP contribution >= 0.6 is 0 Å². The van der Waals surface area contributed by atoms with Crippen LogP contribution in [0.3, 0.4) is 0 Å². The highest BCUT2D eigenvalue weighted by Gasteiger charge is 2.00. The van der Waals surface area contributed by atoms with E-state index in [1.165, 1.54) is 0 Å². The van der Waals surface area contributed by atoms with E-state index in [0.717, 1.165) is 5.69 Å². The second kappa shape index (κ2) is 4.74. The minimum atomic E-state index is -0.641. The Morgan fingerprint density at radius 3 is 2.67 bits per heavy atom. The van der Waals surface area contributed by atoms with Crippen molar-refractivity contribution in [2.45, 2.75) is 6.23 Å². The minimum Gasteiger partial charge on any atom is -0.380 e. The van der Waals surface area contributed by atoms with Crippen molar-refractivity contribution in [3.05, 3.63) is 30.3 Å². The van der Waals surface area contributed by atoms with Gasteiger partial charge in [-0.25, -0.2) is 0 Å². The fourth-order valence-corrected chi connectivity index (χ4v) is 0.926. The Morgan fingerprint density at radius 2 is 2.08 bits per heavy atom. The van der Waals surface area contributed by atoms with E-state index in [1.54, 1.807) is 7.11 Å². The van der Waals surface area contributed by atoms with Gasteiger partial charge in [0.1, 0.15) is 6.23 Å². The third kappa shape index (κ3) is 2.90. The second-order valence-electron chi connectivity index (χ2n) is 2.48. The molecule has 0 bridgehead atoms. The predicted molar refractivity (Wildman–Crippen MR) is 47.9 cm³/mol. The summed E-state index contributed by atoms with van der Waals surface area (Å²) in [5.41, 5.74) is 0.891. The van der Waals surface area contributed by atoms with Crippen LogP contribution in [0.4, 0.5) is 5.69 Å². The maximum Gasteiger partial charge on any atom is 0.148 e. The molecule has 12 heavy (non-hydrogen) atoms. The van der Waals surface area contributed by atoms with Gasteiger partial charge in [0, 0.05) is 12.8 Å². The summed E-state index contributed by atoms with van der Waals surface area (Å²) in [5, 5.41) is 12.1. The summed E-state index contributed by atoms with van der Waals surface area (Å²) in [5.74, 6) is 0. The molecule has 3 nitrogen and oxygen atoms in total. The Labute approximate surface area is 72.0 Å². The number of hydrogen-bond donors (Lipinski definition) is 2. The zero-order valence-corrected chi connectivity index (χ0v) is 7.03. The maximum atomic E-state index is 9.27. The summed E-state index contributed by atoms with van der Waals surface area (Å²) in [4.78, 5) is 0. The van der Waals surface area contributed by atoms with Gasteiger partial charge >= 0.3 is 0 Å². The lowest BCUT2D eigenvalue weighted by molar-refractivity contribution is 0.0819. The fourth-order valence-electron chi connectivity index (χ4n) is 0.926. The summed E-state index contributed by atoms with van der Waals surface area (Å²) < 4.78 is 4.76.